The molecular formula is C32H29F6N5O2S. The average Bonchev–Trinajstić information content (AvgIpc) is 3.46. The molecule has 0 N–H and O–H groups in total. The zero-order chi connectivity index (χ0) is 33.1. The van der Waals surface area contributed by atoms with Crippen molar-refractivity contribution in [3.05, 3.63) is 95.6 Å². The number of amides is 2. The highest BCUT2D eigenvalue weighted by Crippen LogP contribution is 2.34. The number of alkyl halides is 6. The topological polar surface area (TPSA) is 71.3 Å². The van der Waals surface area contributed by atoms with E-state index in [1.54, 1.807) is 46.7 Å². The van der Waals surface area contributed by atoms with Crippen LogP contribution in [0.25, 0.3) is 17.1 Å². The van der Waals surface area contributed by atoms with Gasteiger partial charge in [0.1, 0.15) is 0 Å². The lowest BCUT2D eigenvalue weighted by Gasteiger charge is -2.40. The maximum atomic E-state index is 13.5. The third-order valence-electron chi connectivity index (χ3n) is 7.54. The molecule has 1 fully saturated rings. The van der Waals surface area contributed by atoms with E-state index in [9.17, 15) is 35.9 Å². The molecule has 1 aliphatic rings. The van der Waals surface area contributed by atoms with Gasteiger partial charge < -0.3 is 9.80 Å². The van der Waals surface area contributed by atoms with Gasteiger partial charge in [-0.25, -0.2) is 0 Å². The molecule has 1 saturated heterocycles. The zero-order valence-corrected chi connectivity index (χ0v) is 25.4. The van der Waals surface area contributed by atoms with Gasteiger partial charge in [-0.1, -0.05) is 54.2 Å². The fourth-order valence-electron chi connectivity index (χ4n) is 5.22. The minimum absolute atomic E-state index is 0.0631. The fraction of sp³-hybridized carbons (Fsp3) is 0.312. The van der Waals surface area contributed by atoms with Gasteiger partial charge in [0.15, 0.2) is 11.0 Å². The van der Waals surface area contributed by atoms with Crippen molar-refractivity contribution >= 4 is 23.6 Å². The predicted molar refractivity (Wildman–Crippen MR) is 160 cm³/mol. The average molecular weight is 662 g/mol. The largest absolute Gasteiger partial charge is 0.416 e. The Morgan fingerprint density at radius 2 is 1.52 bits per heavy atom. The molecule has 0 aliphatic carbocycles. The van der Waals surface area contributed by atoms with Crippen LogP contribution < -0.4 is 0 Å². The van der Waals surface area contributed by atoms with Crippen LogP contribution >= 0.6 is 11.8 Å². The van der Waals surface area contributed by atoms with Crippen LogP contribution in [-0.2, 0) is 17.1 Å². The molecule has 46 heavy (non-hydrogen) atoms. The SMILES string of the molecule is CC1CN(C(=O)CCCSc2nnc(-c3ccccc3)n2-c2cccc(C(F)(F)F)c2)CCN1C(=O)c1cccc(C(F)(F)F)c1. The van der Waals surface area contributed by atoms with Gasteiger partial charge >= 0.3 is 12.4 Å². The lowest BCUT2D eigenvalue weighted by atomic mass is 10.1. The van der Waals surface area contributed by atoms with E-state index >= 15 is 0 Å². The number of rotatable bonds is 8. The number of carbonyl (C=O) groups excluding carboxylic acids is 2. The summed E-state index contributed by atoms with van der Waals surface area (Å²) >= 11 is 1.27. The third-order valence-corrected chi connectivity index (χ3v) is 8.56. The van der Waals surface area contributed by atoms with E-state index in [4.69, 9.17) is 0 Å². The number of benzene rings is 3. The number of piperazine rings is 1. The normalized spacial score (nSPS) is 15.7. The Hall–Kier alpha value is -4.33. The Morgan fingerprint density at radius 3 is 2.20 bits per heavy atom. The molecule has 0 radical (unpaired) electrons. The van der Waals surface area contributed by atoms with Crippen molar-refractivity contribution < 1.29 is 35.9 Å². The minimum Gasteiger partial charge on any atom is -0.339 e. The molecule has 0 bridgehead atoms. The molecule has 7 nitrogen and oxygen atoms in total. The Bertz CT molecular complexity index is 1690. The maximum Gasteiger partial charge on any atom is 0.416 e. The van der Waals surface area contributed by atoms with Crippen molar-refractivity contribution in [3.63, 3.8) is 0 Å². The summed E-state index contributed by atoms with van der Waals surface area (Å²) in [5, 5.41) is 8.88. The summed E-state index contributed by atoms with van der Waals surface area (Å²) in [5.74, 6) is 0.149. The molecule has 1 aromatic heterocycles. The molecule has 2 amide bonds. The van der Waals surface area contributed by atoms with Crippen molar-refractivity contribution in [2.24, 2.45) is 0 Å². The molecule has 1 atom stereocenters. The van der Waals surface area contributed by atoms with Crippen molar-refractivity contribution in [3.8, 4) is 17.1 Å². The van der Waals surface area contributed by atoms with E-state index in [0.29, 0.717) is 28.7 Å². The van der Waals surface area contributed by atoms with Gasteiger partial charge in [0.2, 0.25) is 5.91 Å². The number of aromatic nitrogens is 3. The second-order valence-corrected chi connectivity index (χ2v) is 11.8. The molecule has 14 heteroatoms. The van der Waals surface area contributed by atoms with Crippen molar-refractivity contribution in [1.82, 2.24) is 24.6 Å². The number of thioether (sulfide) groups is 1. The summed E-state index contributed by atoms with van der Waals surface area (Å²) in [6, 6.07) is 17.8. The van der Waals surface area contributed by atoms with Gasteiger partial charge in [-0.05, 0) is 49.7 Å². The first kappa shape index (κ1) is 33.0. The van der Waals surface area contributed by atoms with Crippen LogP contribution in [0.2, 0.25) is 0 Å². The highest BCUT2D eigenvalue weighted by molar-refractivity contribution is 7.99. The van der Waals surface area contributed by atoms with E-state index in [1.165, 1.54) is 34.9 Å². The number of hydrogen-bond donors (Lipinski definition) is 0. The molecule has 1 unspecified atom stereocenters. The lowest BCUT2D eigenvalue weighted by Crippen LogP contribution is -2.55. The Morgan fingerprint density at radius 1 is 0.848 bits per heavy atom. The van der Waals surface area contributed by atoms with Crippen LogP contribution in [0, 0.1) is 0 Å². The third kappa shape index (κ3) is 7.54. The first-order valence-corrected chi connectivity index (χ1v) is 15.4. The van der Waals surface area contributed by atoms with E-state index in [2.05, 4.69) is 10.2 Å². The second-order valence-electron chi connectivity index (χ2n) is 10.8. The highest BCUT2D eigenvalue weighted by atomic mass is 32.2. The number of halogens is 6. The zero-order valence-electron chi connectivity index (χ0n) is 24.6. The van der Waals surface area contributed by atoms with E-state index in [0.717, 1.165) is 24.3 Å². The second kappa shape index (κ2) is 13.6. The number of nitrogens with zero attached hydrogens (tertiary/aromatic N) is 5. The first-order chi connectivity index (χ1) is 21.8. The smallest absolute Gasteiger partial charge is 0.339 e. The molecule has 1 aliphatic heterocycles. The van der Waals surface area contributed by atoms with Crippen LogP contribution in [0.3, 0.4) is 0 Å². The summed E-state index contributed by atoms with van der Waals surface area (Å²) in [5.41, 5.74) is -0.836. The van der Waals surface area contributed by atoms with E-state index in [-0.39, 0.29) is 43.2 Å². The summed E-state index contributed by atoms with van der Waals surface area (Å²) in [4.78, 5) is 29.1. The standard InChI is InChI=1S/C32H29F6N5O2S/c1-21-20-41(15-16-42(21)29(45)23-10-5-11-24(18-23)31(33,34)35)27(44)14-7-17-46-30-40-39-28(22-8-3-2-4-9-22)43(30)26-13-6-12-25(19-26)32(36,37)38/h2-6,8-13,18-19,21H,7,14-17,20H2,1H3. The molecule has 2 heterocycles. The van der Waals surface area contributed by atoms with Gasteiger partial charge in [0, 0.05) is 49.0 Å². The quantitative estimate of drug-likeness (QED) is 0.113. The van der Waals surface area contributed by atoms with Gasteiger partial charge in [-0.2, -0.15) is 26.3 Å². The van der Waals surface area contributed by atoms with Crippen LogP contribution in [0.15, 0.2) is 84.0 Å². The monoisotopic (exact) mass is 661 g/mol. The van der Waals surface area contributed by atoms with Gasteiger partial charge in [-0.3, -0.25) is 14.2 Å². The molecular weight excluding hydrogens is 632 g/mol. The van der Waals surface area contributed by atoms with Gasteiger partial charge in [-0.15, -0.1) is 10.2 Å². The maximum absolute atomic E-state index is 13.5. The summed E-state index contributed by atoms with van der Waals surface area (Å²) in [6.07, 6.45) is -8.47. The number of hydrogen-bond acceptors (Lipinski definition) is 5. The van der Waals surface area contributed by atoms with Crippen LogP contribution in [-0.4, -0.2) is 67.8 Å². The van der Waals surface area contributed by atoms with E-state index < -0.39 is 35.4 Å². The lowest BCUT2D eigenvalue weighted by molar-refractivity contribution is -0.138. The van der Waals surface area contributed by atoms with Crippen LogP contribution in [0.1, 0.15) is 41.3 Å². The summed E-state index contributed by atoms with van der Waals surface area (Å²) in [6.45, 7) is 2.40. The Kier molecular flexibility index (Phi) is 9.75. The molecule has 0 spiro atoms. The van der Waals surface area contributed by atoms with Crippen LogP contribution in [0.5, 0.6) is 0 Å². The predicted octanol–water partition coefficient (Wildman–Crippen LogP) is 7.22. The Balaban J connectivity index is 1.20. The van der Waals surface area contributed by atoms with Crippen molar-refractivity contribution in [2.75, 3.05) is 25.4 Å². The fourth-order valence-corrected chi connectivity index (χ4v) is 6.11. The van der Waals surface area contributed by atoms with E-state index in [1.807, 2.05) is 6.07 Å². The molecule has 0 saturated carbocycles. The van der Waals surface area contributed by atoms with Gasteiger partial charge in [0.25, 0.3) is 5.91 Å². The highest BCUT2D eigenvalue weighted by Gasteiger charge is 2.34. The molecule has 4 aromatic rings. The summed E-state index contributed by atoms with van der Waals surface area (Å²) in [7, 11) is 0. The van der Waals surface area contributed by atoms with Crippen LogP contribution in [0.4, 0.5) is 26.3 Å². The first-order valence-electron chi connectivity index (χ1n) is 14.4. The van der Waals surface area contributed by atoms with Crippen molar-refractivity contribution in [2.45, 2.75) is 43.3 Å². The number of carbonyl (C=O) groups is 2. The molecule has 242 valence electrons. The van der Waals surface area contributed by atoms with Crippen molar-refractivity contribution in [1.29, 1.82) is 0 Å². The minimum atomic E-state index is -4.57. The Labute approximate surface area is 265 Å². The summed E-state index contributed by atoms with van der Waals surface area (Å²) < 4.78 is 81.4. The molecule has 5 rings (SSSR count). The van der Waals surface area contributed by atoms with Gasteiger partial charge in [0.05, 0.1) is 16.8 Å². The molecule has 3 aromatic carbocycles.